The first-order valence-corrected chi connectivity index (χ1v) is 10.3. The zero-order chi connectivity index (χ0) is 20.8. The van der Waals surface area contributed by atoms with Crippen LogP contribution in [0.4, 0.5) is 0 Å². The van der Waals surface area contributed by atoms with Crippen molar-refractivity contribution < 1.29 is 9.53 Å². The molecule has 1 aliphatic heterocycles. The highest BCUT2D eigenvalue weighted by atomic mass is 16.5. The maximum Gasteiger partial charge on any atom is 0.350 e. The molecule has 1 fully saturated rings. The monoisotopic (exact) mass is 406 g/mol. The lowest BCUT2D eigenvalue weighted by Crippen LogP contribution is -2.38. The van der Waals surface area contributed by atoms with Crippen molar-refractivity contribution in [2.45, 2.75) is 19.4 Å². The minimum Gasteiger partial charge on any atom is -0.492 e. The highest BCUT2D eigenvalue weighted by Crippen LogP contribution is 2.18. The Morgan fingerprint density at radius 3 is 2.47 bits per heavy atom. The van der Waals surface area contributed by atoms with Crippen molar-refractivity contribution in [2.24, 2.45) is 5.92 Å². The fraction of sp³-hybridized carbons (Fsp3) is 0.348. The van der Waals surface area contributed by atoms with Crippen LogP contribution in [0.15, 0.2) is 65.7 Å². The second kappa shape index (κ2) is 9.54. The topological polar surface area (TPSA) is 69.4 Å². The number of benzene rings is 2. The van der Waals surface area contributed by atoms with E-state index in [0.29, 0.717) is 30.3 Å². The van der Waals surface area contributed by atoms with Crippen molar-refractivity contribution in [2.75, 3.05) is 26.2 Å². The highest BCUT2D eigenvalue weighted by Gasteiger charge is 2.21. The standard InChI is InChI=1S/C23H26N4O3/c28-17-20-6-8-21(9-7-20)26-18-24-27(23(26)29)16-19-10-12-25(13-11-19)14-15-30-22-4-2-1-3-5-22/h1-9,17-19H,10-16H2. The molecule has 156 valence electrons. The molecule has 2 aromatic carbocycles. The molecule has 0 unspecified atom stereocenters. The lowest BCUT2D eigenvalue weighted by Gasteiger charge is -2.31. The Morgan fingerprint density at radius 2 is 1.77 bits per heavy atom. The second-order valence-corrected chi connectivity index (χ2v) is 7.62. The molecule has 0 radical (unpaired) electrons. The van der Waals surface area contributed by atoms with Crippen LogP contribution < -0.4 is 10.4 Å². The van der Waals surface area contributed by atoms with E-state index in [0.717, 1.165) is 44.5 Å². The molecule has 30 heavy (non-hydrogen) atoms. The lowest BCUT2D eigenvalue weighted by molar-refractivity contribution is 0.112. The summed E-state index contributed by atoms with van der Waals surface area (Å²) in [5, 5.41) is 4.29. The third kappa shape index (κ3) is 4.86. The number of aromatic nitrogens is 3. The summed E-state index contributed by atoms with van der Waals surface area (Å²) in [6, 6.07) is 16.8. The summed E-state index contributed by atoms with van der Waals surface area (Å²) in [5.41, 5.74) is 1.15. The van der Waals surface area contributed by atoms with Crippen LogP contribution in [0.1, 0.15) is 23.2 Å². The van der Waals surface area contributed by atoms with Gasteiger partial charge in [0.2, 0.25) is 0 Å². The Balaban J connectivity index is 1.26. The van der Waals surface area contributed by atoms with E-state index in [9.17, 15) is 9.59 Å². The van der Waals surface area contributed by atoms with Gasteiger partial charge in [-0.1, -0.05) is 18.2 Å². The summed E-state index contributed by atoms with van der Waals surface area (Å²) in [6.07, 6.45) is 4.42. The second-order valence-electron chi connectivity index (χ2n) is 7.62. The molecule has 0 bridgehead atoms. The summed E-state index contributed by atoms with van der Waals surface area (Å²) in [6.45, 7) is 4.23. The van der Waals surface area contributed by atoms with Gasteiger partial charge in [0.25, 0.3) is 0 Å². The van der Waals surface area contributed by atoms with Crippen LogP contribution in [0.3, 0.4) is 0 Å². The quantitative estimate of drug-likeness (QED) is 0.538. The number of hydrogen-bond acceptors (Lipinski definition) is 5. The molecule has 0 saturated carbocycles. The Labute approximate surface area is 175 Å². The molecule has 3 aromatic rings. The first kappa shape index (κ1) is 20.1. The maximum atomic E-state index is 12.7. The van der Waals surface area contributed by atoms with E-state index >= 15 is 0 Å². The number of likely N-dealkylation sites (tertiary alicyclic amines) is 1. The number of rotatable bonds is 8. The Kier molecular flexibility index (Phi) is 6.39. The van der Waals surface area contributed by atoms with Gasteiger partial charge in [0, 0.05) is 18.7 Å². The third-order valence-electron chi connectivity index (χ3n) is 5.60. The summed E-state index contributed by atoms with van der Waals surface area (Å²) in [4.78, 5) is 25.9. The maximum absolute atomic E-state index is 12.7. The van der Waals surface area contributed by atoms with Crippen LogP contribution in [0.5, 0.6) is 5.75 Å². The normalized spacial score (nSPS) is 15.2. The van der Waals surface area contributed by atoms with Gasteiger partial charge >= 0.3 is 5.69 Å². The molecule has 7 nitrogen and oxygen atoms in total. The molecule has 7 heteroatoms. The number of para-hydroxylation sites is 1. The lowest BCUT2D eigenvalue weighted by atomic mass is 9.97. The van der Waals surface area contributed by atoms with E-state index in [-0.39, 0.29) is 5.69 Å². The third-order valence-corrected chi connectivity index (χ3v) is 5.60. The number of nitrogens with zero attached hydrogens (tertiary/aromatic N) is 4. The van der Waals surface area contributed by atoms with Gasteiger partial charge in [-0.15, -0.1) is 0 Å². The molecule has 0 spiro atoms. The number of hydrogen-bond donors (Lipinski definition) is 0. The van der Waals surface area contributed by atoms with Gasteiger partial charge in [-0.05, 0) is 68.2 Å². The largest absolute Gasteiger partial charge is 0.492 e. The van der Waals surface area contributed by atoms with E-state index in [1.807, 2.05) is 30.3 Å². The molecule has 0 amide bonds. The van der Waals surface area contributed by atoms with Gasteiger partial charge in [-0.25, -0.2) is 14.0 Å². The van der Waals surface area contributed by atoms with Crippen LogP contribution in [0.25, 0.3) is 5.69 Å². The van der Waals surface area contributed by atoms with E-state index in [4.69, 9.17) is 4.74 Å². The fourth-order valence-corrected chi connectivity index (χ4v) is 3.80. The first-order chi connectivity index (χ1) is 14.7. The number of carbonyl (C=O) groups excluding carboxylic acids is 1. The van der Waals surface area contributed by atoms with Crippen molar-refractivity contribution in [3.63, 3.8) is 0 Å². The van der Waals surface area contributed by atoms with Gasteiger partial charge < -0.3 is 4.74 Å². The fourth-order valence-electron chi connectivity index (χ4n) is 3.80. The summed E-state index contributed by atoms with van der Waals surface area (Å²) in [7, 11) is 0. The summed E-state index contributed by atoms with van der Waals surface area (Å²) in [5.74, 6) is 1.35. The Morgan fingerprint density at radius 1 is 1.03 bits per heavy atom. The first-order valence-electron chi connectivity index (χ1n) is 10.3. The number of aldehydes is 1. The Hall–Kier alpha value is -3.19. The van der Waals surface area contributed by atoms with E-state index in [1.165, 1.54) is 4.57 Å². The molecular weight excluding hydrogens is 380 g/mol. The molecule has 0 atom stereocenters. The predicted octanol–water partition coefficient (Wildman–Crippen LogP) is 2.64. The number of carbonyl (C=O) groups is 1. The van der Waals surface area contributed by atoms with Crippen molar-refractivity contribution in [1.82, 2.24) is 19.2 Å². The minimum atomic E-state index is -0.146. The van der Waals surface area contributed by atoms with Crippen molar-refractivity contribution >= 4 is 6.29 Å². The van der Waals surface area contributed by atoms with Crippen LogP contribution in [-0.4, -0.2) is 51.8 Å². The summed E-state index contributed by atoms with van der Waals surface area (Å²) >= 11 is 0. The minimum absolute atomic E-state index is 0.146. The van der Waals surface area contributed by atoms with Gasteiger partial charge in [0.15, 0.2) is 0 Å². The average Bonchev–Trinajstić information content (AvgIpc) is 3.16. The smallest absolute Gasteiger partial charge is 0.350 e. The molecule has 0 N–H and O–H groups in total. The van der Waals surface area contributed by atoms with E-state index in [1.54, 1.807) is 35.3 Å². The zero-order valence-electron chi connectivity index (χ0n) is 16.9. The number of piperidine rings is 1. The van der Waals surface area contributed by atoms with Gasteiger partial charge in [-0.2, -0.15) is 5.10 Å². The summed E-state index contributed by atoms with van der Waals surface area (Å²) < 4.78 is 8.85. The average molecular weight is 406 g/mol. The molecule has 1 aliphatic rings. The van der Waals surface area contributed by atoms with E-state index < -0.39 is 0 Å². The van der Waals surface area contributed by atoms with Crippen LogP contribution in [-0.2, 0) is 6.54 Å². The van der Waals surface area contributed by atoms with Crippen molar-refractivity contribution in [3.8, 4) is 11.4 Å². The van der Waals surface area contributed by atoms with Gasteiger partial charge in [-0.3, -0.25) is 9.69 Å². The Bertz CT molecular complexity index is 1000. The van der Waals surface area contributed by atoms with Crippen LogP contribution in [0, 0.1) is 5.92 Å². The molecule has 4 rings (SSSR count). The van der Waals surface area contributed by atoms with Gasteiger partial charge in [0.05, 0.1) is 5.69 Å². The predicted molar refractivity (Wildman–Crippen MR) is 114 cm³/mol. The number of ether oxygens (including phenoxy) is 1. The molecule has 0 aliphatic carbocycles. The molecule has 1 aromatic heterocycles. The van der Waals surface area contributed by atoms with Crippen LogP contribution in [0.2, 0.25) is 0 Å². The SMILES string of the molecule is O=Cc1ccc(-n2cnn(CC3CCN(CCOc4ccccc4)CC3)c2=O)cc1. The zero-order valence-corrected chi connectivity index (χ0v) is 16.9. The van der Waals surface area contributed by atoms with Crippen molar-refractivity contribution in [1.29, 1.82) is 0 Å². The van der Waals surface area contributed by atoms with Crippen LogP contribution >= 0.6 is 0 Å². The van der Waals surface area contributed by atoms with Gasteiger partial charge in [0.1, 0.15) is 25.0 Å². The molecular formula is C23H26N4O3. The molecule has 2 heterocycles. The van der Waals surface area contributed by atoms with Crippen molar-refractivity contribution in [3.05, 3.63) is 77.0 Å². The highest BCUT2D eigenvalue weighted by molar-refractivity contribution is 5.75. The molecule has 1 saturated heterocycles. The van der Waals surface area contributed by atoms with E-state index in [2.05, 4.69) is 10.00 Å².